The van der Waals surface area contributed by atoms with Crippen LogP contribution in [0.25, 0.3) is 0 Å². The van der Waals surface area contributed by atoms with E-state index in [1.807, 2.05) is 19.4 Å². The molecule has 0 bridgehead atoms. The zero-order valence-corrected chi connectivity index (χ0v) is 19.0. The second-order valence-electron chi connectivity index (χ2n) is 7.02. The zero-order chi connectivity index (χ0) is 19.9. The van der Waals surface area contributed by atoms with Crippen molar-refractivity contribution >= 4 is 41.5 Å². The molecule has 1 aliphatic rings. The minimum absolute atomic E-state index is 0. The number of imidazole rings is 1. The Balaban J connectivity index is 0.00000300. The number of hydrogen-bond acceptors (Lipinski definition) is 3. The van der Waals surface area contributed by atoms with Crippen molar-refractivity contribution in [2.75, 3.05) is 31.5 Å². The van der Waals surface area contributed by atoms with Gasteiger partial charge < -0.3 is 20.1 Å². The second kappa shape index (κ2) is 11.1. The summed E-state index contributed by atoms with van der Waals surface area (Å²) in [6, 6.07) is 6.14. The maximum Gasteiger partial charge on any atom is 0.246 e. The summed E-state index contributed by atoms with van der Waals surface area (Å²) in [4.78, 5) is 23.1. The molecule has 7 nitrogen and oxygen atoms in total. The summed E-state index contributed by atoms with van der Waals surface area (Å²) in [5.41, 5.74) is 0.428. The van der Waals surface area contributed by atoms with Crippen LogP contribution in [0.3, 0.4) is 0 Å². The number of aromatic nitrogens is 2. The number of amides is 1. The number of nitrogens with zero attached hydrogens (tertiary/aromatic N) is 4. The lowest BCUT2D eigenvalue weighted by molar-refractivity contribution is -0.114. The number of halogens is 2. The molecule has 9 heteroatoms. The largest absolute Gasteiger partial charge is 0.357 e. The number of nitrogens with one attached hydrogen (secondary N) is 2. The van der Waals surface area contributed by atoms with Gasteiger partial charge in [-0.05, 0) is 37.5 Å². The highest BCUT2D eigenvalue weighted by atomic mass is 127. The summed E-state index contributed by atoms with van der Waals surface area (Å²) in [5, 5.41) is 5.95. The minimum Gasteiger partial charge on any atom is -0.357 e. The number of aliphatic imine (C=N–C) groups is 1. The molecule has 1 fully saturated rings. The summed E-state index contributed by atoms with van der Waals surface area (Å²) in [6.07, 6.45) is 6.66. The fourth-order valence-electron chi connectivity index (χ4n) is 3.43. The predicted octanol–water partition coefficient (Wildman–Crippen LogP) is 3.13. The van der Waals surface area contributed by atoms with Crippen molar-refractivity contribution in [3.63, 3.8) is 0 Å². The fourth-order valence-corrected chi connectivity index (χ4v) is 3.43. The first-order chi connectivity index (χ1) is 13.6. The zero-order valence-electron chi connectivity index (χ0n) is 16.7. The van der Waals surface area contributed by atoms with Crippen LogP contribution in [0.1, 0.15) is 26.3 Å². The van der Waals surface area contributed by atoms with E-state index in [4.69, 9.17) is 0 Å². The molecule has 1 aromatic carbocycles. The van der Waals surface area contributed by atoms with E-state index in [1.165, 1.54) is 12.1 Å². The van der Waals surface area contributed by atoms with Crippen molar-refractivity contribution in [2.24, 2.45) is 10.9 Å². The van der Waals surface area contributed by atoms with Crippen LogP contribution in [0.5, 0.6) is 0 Å². The number of piperidine rings is 1. The predicted molar refractivity (Wildman–Crippen MR) is 123 cm³/mol. The molecule has 29 heavy (non-hydrogen) atoms. The average Bonchev–Trinajstić information content (AvgIpc) is 3.20. The Morgan fingerprint density at radius 3 is 2.93 bits per heavy atom. The number of hydrogen-bond donors (Lipinski definition) is 2. The van der Waals surface area contributed by atoms with Gasteiger partial charge in [0, 0.05) is 37.7 Å². The normalized spacial score (nSPS) is 19.4. The number of rotatable bonds is 5. The number of benzene rings is 1. The van der Waals surface area contributed by atoms with E-state index in [0.29, 0.717) is 30.2 Å². The molecule has 3 rings (SSSR count). The Bertz CT molecular complexity index is 813. The van der Waals surface area contributed by atoms with Gasteiger partial charge in [0.15, 0.2) is 5.96 Å². The van der Waals surface area contributed by atoms with Gasteiger partial charge in [-0.25, -0.2) is 14.4 Å². The van der Waals surface area contributed by atoms with E-state index >= 15 is 0 Å². The maximum atomic E-state index is 13.3. The molecule has 2 unspecified atom stereocenters. The Hall–Kier alpha value is -2.17. The quantitative estimate of drug-likeness (QED) is 0.366. The van der Waals surface area contributed by atoms with Crippen LogP contribution in [-0.4, -0.2) is 52.5 Å². The molecular formula is C20H28FIN6O. The maximum absolute atomic E-state index is 13.3. The van der Waals surface area contributed by atoms with Crippen molar-refractivity contribution in [1.29, 1.82) is 0 Å². The molecule has 2 aromatic rings. The standard InChI is InChI=1S/C20H27FN6O.HI/c1-3-23-20(24-12-19(28)25-17-6-4-5-16(21)11-17)26-9-7-15(2)18(13-26)27-10-8-22-14-27;/h4-6,8,10-11,14-15,18H,3,7,9,12-13H2,1-2H3,(H,23,24)(H,25,28);1H. The first-order valence-electron chi connectivity index (χ1n) is 9.63. The number of carbonyl (C=O) groups is 1. The lowest BCUT2D eigenvalue weighted by Gasteiger charge is -2.39. The van der Waals surface area contributed by atoms with Gasteiger partial charge in [-0.1, -0.05) is 13.0 Å². The molecule has 2 heterocycles. The Kier molecular flexibility index (Phi) is 8.87. The molecule has 0 saturated carbocycles. The third-order valence-corrected chi connectivity index (χ3v) is 4.94. The molecule has 1 aliphatic heterocycles. The summed E-state index contributed by atoms with van der Waals surface area (Å²) in [5.74, 6) is 0.582. The minimum atomic E-state index is -0.386. The van der Waals surface area contributed by atoms with Crippen molar-refractivity contribution < 1.29 is 9.18 Å². The average molecular weight is 514 g/mol. The smallest absolute Gasteiger partial charge is 0.246 e. The molecule has 0 spiro atoms. The summed E-state index contributed by atoms with van der Waals surface area (Å²) >= 11 is 0. The van der Waals surface area contributed by atoms with E-state index in [0.717, 1.165) is 19.5 Å². The van der Waals surface area contributed by atoms with Gasteiger partial charge >= 0.3 is 0 Å². The second-order valence-corrected chi connectivity index (χ2v) is 7.02. The van der Waals surface area contributed by atoms with Gasteiger partial charge in [0.2, 0.25) is 5.91 Å². The van der Waals surface area contributed by atoms with Crippen molar-refractivity contribution in [3.8, 4) is 0 Å². The number of carbonyl (C=O) groups excluding carboxylic acids is 1. The summed E-state index contributed by atoms with van der Waals surface area (Å²) in [6.45, 7) is 6.62. The van der Waals surface area contributed by atoms with Crippen LogP contribution in [0.4, 0.5) is 10.1 Å². The van der Waals surface area contributed by atoms with E-state index in [1.54, 1.807) is 18.3 Å². The summed E-state index contributed by atoms with van der Waals surface area (Å²) < 4.78 is 15.4. The highest BCUT2D eigenvalue weighted by Gasteiger charge is 2.28. The monoisotopic (exact) mass is 514 g/mol. The van der Waals surface area contributed by atoms with Crippen molar-refractivity contribution in [2.45, 2.75) is 26.3 Å². The Labute approximate surface area is 187 Å². The molecule has 1 aromatic heterocycles. The first-order valence-corrected chi connectivity index (χ1v) is 9.63. The molecular weight excluding hydrogens is 486 g/mol. The van der Waals surface area contributed by atoms with Crippen LogP contribution in [0, 0.1) is 11.7 Å². The van der Waals surface area contributed by atoms with E-state index in [9.17, 15) is 9.18 Å². The van der Waals surface area contributed by atoms with Crippen LogP contribution in [-0.2, 0) is 4.79 Å². The molecule has 158 valence electrons. The third kappa shape index (κ3) is 6.41. The summed E-state index contributed by atoms with van der Waals surface area (Å²) in [7, 11) is 0. The van der Waals surface area contributed by atoms with Crippen LogP contribution < -0.4 is 10.6 Å². The van der Waals surface area contributed by atoms with Crippen molar-refractivity contribution in [3.05, 3.63) is 48.8 Å². The SMILES string of the molecule is CCNC(=NCC(=O)Nc1cccc(F)c1)N1CCC(C)C(n2ccnc2)C1.I. The van der Waals surface area contributed by atoms with Gasteiger partial charge in [0.1, 0.15) is 12.4 Å². The lowest BCUT2D eigenvalue weighted by Crippen LogP contribution is -2.49. The van der Waals surface area contributed by atoms with Gasteiger partial charge in [-0.3, -0.25) is 4.79 Å². The van der Waals surface area contributed by atoms with Gasteiger partial charge in [0.05, 0.1) is 12.4 Å². The lowest BCUT2D eigenvalue weighted by atomic mass is 9.93. The van der Waals surface area contributed by atoms with E-state index in [-0.39, 0.29) is 42.2 Å². The number of anilines is 1. The molecule has 2 N–H and O–H groups in total. The Morgan fingerprint density at radius 1 is 1.41 bits per heavy atom. The topological polar surface area (TPSA) is 74.6 Å². The molecule has 0 radical (unpaired) electrons. The van der Waals surface area contributed by atoms with E-state index in [2.05, 4.69) is 37.0 Å². The van der Waals surface area contributed by atoms with Gasteiger partial charge in [-0.2, -0.15) is 0 Å². The van der Waals surface area contributed by atoms with Crippen LogP contribution in [0.15, 0.2) is 48.0 Å². The van der Waals surface area contributed by atoms with Gasteiger partial charge in [-0.15, -0.1) is 24.0 Å². The highest BCUT2D eigenvalue weighted by molar-refractivity contribution is 14.0. The molecule has 1 saturated heterocycles. The van der Waals surface area contributed by atoms with E-state index < -0.39 is 0 Å². The molecule has 2 atom stereocenters. The number of guanidine groups is 1. The van der Waals surface area contributed by atoms with Crippen LogP contribution >= 0.6 is 24.0 Å². The van der Waals surface area contributed by atoms with Crippen molar-refractivity contribution in [1.82, 2.24) is 19.8 Å². The third-order valence-electron chi connectivity index (χ3n) is 4.94. The molecule has 0 aliphatic carbocycles. The fraction of sp³-hybridized carbons (Fsp3) is 0.450. The first kappa shape index (κ1) is 23.1. The van der Waals surface area contributed by atoms with Crippen LogP contribution in [0.2, 0.25) is 0 Å². The highest BCUT2D eigenvalue weighted by Crippen LogP contribution is 2.27. The molecule has 1 amide bonds. The Morgan fingerprint density at radius 2 is 2.24 bits per heavy atom. The van der Waals surface area contributed by atoms with Gasteiger partial charge in [0.25, 0.3) is 0 Å². The number of likely N-dealkylation sites (tertiary alicyclic amines) is 1.